The van der Waals surface area contributed by atoms with Gasteiger partial charge >= 0.3 is 0 Å². The highest BCUT2D eigenvalue weighted by atomic mass is 32.1. The molecule has 0 saturated heterocycles. The number of aromatic nitrogens is 1. The van der Waals surface area contributed by atoms with Crippen molar-refractivity contribution in [3.63, 3.8) is 0 Å². The maximum Gasteiger partial charge on any atom is 0.231 e. The second-order valence-electron chi connectivity index (χ2n) is 12.0. The van der Waals surface area contributed by atoms with Gasteiger partial charge in [-0.05, 0) is 95.8 Å². The number of aliphatic hydroxyl groups is 1. The molecule has 0 saturated carbocycles. The largest absolute Gasteiger partial charge is 0.396 e. The zero-order valence-corrected chi connectivity index (χ0v) is 26.7. The van der Waals surface area contributed by atoms with Crippen LogP contribution in [0.15, 0.2) is 60.8 Å². The Balaban J connectivity index is 1.72. The molecule has 1 N–H and O–H groups in total. The lowest BCUT2D eigenvalue weighted by molar-refractivity contribution is -0.718. The number of nitriles is 1. The summed E-state index contributed by atoms with van der Waals surface area (Å²) in [6.45, 7) is 9.75. The summed E-state index contributed by atoms with van der Waals surface area (Å²) in [6.07, 6.45) is 6.05. The summed E-state index contributed by atoms with van der Waals surface area (Å²) >= 11 is 1.86. The van der Waals surface area contributed by atoms with Gasteiger partial charge in [-0.1, -0.05) is 44.2 Å². The van der Waals surface area contributed by atoms with Gasteiger partial charge in [0.15, 0.2) is 12.2 Å². The van der Waals surface area contributed by atoms with E-state index in [9.17, 15) is 10.4 Å². The van der Waals surface area contributed by atoms with Crippen LogP contribution in [0.3, 0.4) is 0 Å². The van der Waals surface area contributed by atoms with E-state index in [2.05, 4.69) is 87.0 Å². The van der Waals surface area contributed by atoms with Crippen LogP contribution in [-0.4, -0.2) is 25.4 Å². The van der Waals surface area contributed by atoms with Gasteiger partial charge in [0.2, 0.25) is 5.69 Å². The monoisotopic (exact) mass is 589 g/mol. The SMILES string of the molecule is CCC(CC)c1cc2c(c3ccccc13)C(CCOC)C(CCO)[n+]1ccc3c(C)c(-c4ccc(C#N)cc4C)sc3c1-2. The van der Waals surface area contributed by atoms with Crippen molar-refractivity contribution >= 4 is 32.2 Å². The molecule has 1 aliphatic heterocycles. The van der Waals surface area contributed by atoms with Crippen molar-refractivity contribution in [2.24, 2.45) is 0 Å². The van der Waals surface area contributed by atoms with E-state index in [0.717, 1.165) is 24.8 Å². The molecule has 2 aromatic heterocycles. The van der Waals surface area contributed by atoms with Crippen molar-refractivity contribution < 1.29 is 14.4 Å². The minimum absolute atomic E-state index is 0.122. The molecule has 220 valence electrons. The number of aryl methyl sites for hydroxylation is 2. The van der Waals surface area contributed by atoms with Crippen LogP contribution in [0.1, 0.15) is 85.2 Å². The summed E-state index contributed by atoms with van der Waals surface area (Å²) in [5, 5.41) is 23.8. The summed E-state index contributed by atoms with van der Waals surface area (Å²) in [4.78, 5) is 1.26. The van der Waals surface area contributed by atoms with Crippen molar-refractivity contribution in [3.8, 4) is 27.8 Å². The zero-order chi connectivity index (χ0) is 30.2. The van der Waals surface area contributed by atoms with Crippen molar-refractivity contribution in [2.45, 2.75) is 71.3 Å². The Morgan fingerprint density at radius 1 is 0.977 bits per heavy atom. The number of benzene rings is 3. The summed E-state index contributed by atoms with van der Waals surface area (Å²) in [5.41, 5.74) is 9.70. The Hall–Kier alpha value is -3.56. The van der Waals surface area contributed by atoms with Crippen molar-refractivity contribution in [1.29, 1.82) is 5.26 Å². The fraction of sp³-hybridized carbons (Fsp3) is 0.368. The average Bonchev–Trinajstić information content (AvgIpc) is 3.36. The molecular formula is C38H41N2O2S+. The minimum atomic E-state index is 0.122. The molecule has 3 heterocycles. The Morgan fingerprint density at radius 3 is 2.42 bits per heavy atom. The summed E-state index contributed by atoms with van der Waals surface area (Å²) < 4.78 is 9.42. The van der Waals surface area contributed by atoms with Gasteiger partial charge in [0, 0.05) is 49.0 Å². The molecule has 4 nitrogen and oxygen atoms in total. The summed E-state index contributed by atoms with van der Waals surface area (Å²) in [7, 11) is 1.78. The molecule has 43 heavy (non-hydrogen) atoms. The highest BCUT2D eigenvalue weighted by molar-refractivity contribution is 7.23. The van der Waals surface area contributed by atoms with E-state index in [4.69, 9.17) is 4.74 Å². The number of ether oxygens (including phenoxy) is 1. The average molecular weight is 590 g/mol. The Labute approximate surface area is 259 Å². The smallest absolute Gasteiger partial charge is 0.231 e. The third-order valence-electron chi connectivity index (χ3n) is 9.72. The van der Waals surface area contributed by atoms with E-state index in [-0.39, 0.29) is 18.6 Å². The van der Waals surface area contributed by atoms with E-state index < -0.39 is 0 Å². The van der Waals surface area contributed by atoms with Crippen LogP contribution in [-0.2, 0) is 4.74 Å². The van der Waals surface area contributed by atoms with Crippen LogP contribution in [0.2, 0.25) is 0 Å². The normalized spacial score (nSPS) is 16.0. The number of hydrogen-bond donors (Lipinski definition) is 1. The maximum atomic E-state index is 10.3. The Bertz CT molecular complexity index is 1860. The molecule has 5 heteroatoms. The highest BCUT2D eigenvalue weighted by Gasteiger charge is 2.43. The topological polar surface area (TPSA) is 57.1 Å². The molecule has 0 aliphatic carbocycles. The maximum absolute atomic E-state index is 10.3. The number of methoxy groups -OCH3 is 1. The quantitative estimate of drug-likeness (QED) is 0.174. The number of nitrogens with zero attached hydrogens (tertiary/aromatic N) is 2. The number of hydrogen-bond acceptors (Lipinski definition) is 4. The van der Waals surface area contributed by atoms with Gasteiger partial charge < -0.3 is 9.84 Å². The number of rotatable bonds is 9. The number of thiophene rings is 1. The van der Waals surface area contributed by atoms with Gasteiger partial charge in [0.25, 0.3) is 0 Å². The molecule has 0 bridgehead atoms. The summed E-state index contributed by atoms with van der Waals surface area (Å²) in [6, 6.07) is 22.2. The van der Waals surface area contributed by atoms with Crippen LogP contribution >= 0.6 is 11.3 Å². The first-order chi connectivity index (χ1) is 21.0. The zero-order valence-electron chi connectivity index (χ0n) is 25.9. The van der Waals surface area contributed by atoms with Crippen molar-refractivity contribution in [2.75, 3.05) is 20.3 Å². The van der Waals surface area contributed by atoms with Crippen molar-refractivity contribution in [3.05, 3.63) is 88.6 Å². The predicted octanol–water partition coefficient (Wildman–Crippen LogP) is 9.13. The fourth-order valence-corrected chi connectivity index (χ4v) is 9.01. The lowest BCUT2D eigenvalue weighted by Crippen LogP contribution is -2.48. The second-order valence-corrected chi connectivity index (χ2v) is 13.0. The van der Waals surface area contributed by atoms with E-state index in [0.29, 0.717) is 24.5 Å². The number of aliphatic hydroxyl groups excluding tert-OH is 1. The summed E-state index contributed by atoms with van der Waals surface area (Å²) in [5.74, 6) is 0.705. The molecule has 1 aliphatic rings. The first-order valence-corrected chi connectivity index (χ1v) is 16.4. The number of pyridine rings is 1. The lowest BCUT2D eigenvalue weighted by atomic mass is 9.75. The number of fused-ring (bicyclic) bond motifs is 7. The van der Waals surface area contributed by atoms with Crippen LogP contribution < -0.4 is 4.57 Å². The Morgan fingerprint density at radius 2 is 1.74 bits per heavy atom. The van der Waals surface area contributed by atoms with Crippen LogP contribution in [0.5, 0.6) is 0 Å². The van der Waals surface area contributed by atoms with Gasteiger partial charge in [-0.15, -0.1) is 11.3 Å². The molecule has 0 radical (unpaired) electrons. The molecule has 0 spiro atoms. The lowest BCUT2D eigenvalue weighted by Gasteiger charge is -2.33. The van der Waals surface area contributed by atoms with Crippen LogP contribution in [0.25, 0.3) is 42.6 Å². The van der Waals surface area contributed by atoms with E-state index in [1.165, 1.54) is 59.2 Å². The molecular weight excluding hydrogens is 548 g/mol. The molecule has 5 aromatic rings. The third kappa shape index (κ3) is 4.86. The third-order valence-corrected chi connectivity index (χ3v) is 11.1. The van der Waals surface area contributed by atoms with Gasteiger partial charge in [0.05, 0.1) is 17.2 Å². The van der Waals surface area contributed by atoms with Gasteiger partial charge in [-0.3, -0.25) is 0 Å². The van der Waals surface area contributed by atoms with E-state index in [1.807, 2.05) is 23.5 Å². The van der Waals surface area contributed by atoms with Gasteiger partial charge in [-0.2, -0.15) is 9.83 Å². The predicted molar refractivity (Wildman–Crippen MR) is 178 cm³/mol. The first-order valence-electron chi connectivity index (χ1n) is 15.6. The minimum Gasteiger partial charge on any atom is -0.396 e. The van der Waals surface area contributed by atoms with Crippen LogP contribution in [0.4, 0.5) is 0 Å². The van der Waals surface area contributed by atoms with E-state index >= 15 is 0 Å². The van der Waals surface area contributed by atoms with Crippen LogP contribution in [0, 0.1) is 25.2 Å². The van der Waals surface area contributed by atoms with Gasteiger partial charge in [0.1, 0.15) is 4.70 Å². The fourth-order valence-electron chi connectivity index (χ4n) is 7.56. The molecule has 2 atom stereocenters. The molecule has 0 amide bonds. The van der Waals surface area contributed by atoms with E-state index in [1.54, 1.807) is 7.11 Å². The molecule has 2 unspecified atom stereocenters. The standard InChI is InChI=1S/C38H41N2O2S/c1-6-26(7-2)32-21-33-35(30-11-9-8-10-29(30)32)31(16-19-42-5)34(15-18-41)40-17-14-28-24(4)37(43-38(28)36(33)40)27-13-12-25(22-39)20-23(27)3/h8-14,17,20-21,26,31,34,41H,6-7,15-16,18-19H2,1-5H3/q+1. The molecule has 6 rings (SSSR count). The molecule has 0 fully saturated rings. The van der Waals surface area contributed by atoms with Gasteiger partial charge in [-0.25, -0.2) is 0 Å². The Kier molecular flexibility index (Phi) is 8.38. The highest BCUT2D eigenvalue weighted by Crippen LogP contribution is 2.51. The molecule has 3 aromatic carbocycles. The first kappa shape index (κ1) is 29.5. The van der Waals surface area contributed by atoms with Crippen molar-refractivity contribution in [1.82, 2.24) is 0 Å². The second kappa shape index (κ2) is 12.2.